The molecule has 39 heavy (non-hydrogen) atoms. The summed E-state index contributed by atoms with van der Waals surface area (Å²) in [6, 6.07) is 8.04. The summed E-state index contributed by atoms with van der Waals surface area (Å²) in [5.41, 5.74) is -1.22. The fourth-order valence-electron chi connectivity index (χ4n) is 3.85. The zero-order valence-electron chi connectivity index (χ0n) is 21.8. The van der Waals surface area contributed by atoms with Gasteiger partial charge in [0.1, 0.15) is 12.4 Å². The van der Waals surface area contributed by atoms with E-state index in [2.05, 4.69) is 10.6 Å². The molecular weight excluding hydrogens is 536 g/mol. The zero-order chi connectivity index (χ0) is 28.8. The number of rotatable bonds is 10. The van der Waals surface area contributed by atoms with Gasteiger partial charge in [-0.15, -0.1) is 0 Å². The number of ether oxygens (including phenoxy) is 2. The highest BCUT2D eigenvalue weighted by molar-refractivity contribution is 7.89. The van der Waals surface area contributed by atoms with Gasteiger partial charge in [0, 0.05) is 32.1 Å². The van der Waals surface area contributed by atoms with Crippen LogP contribution in [0.3, 0.4) is 0 Å². The first-order chi connectivity index (χ1) is 18.3. The number of esters is 1. The predicted octanol–water partition coefficient (Wildman–Crippen LogP) is 2.38. The fraction of sp³-hybridized carbons (Fsp3) is 0.423. The van der Waals surface area contributed by atoms with E-state index in [1.165, 1.54) is 55.4 Å². The lowest BCUT2D eigenvalue weighted by atomic mass is 10.0. The molecule has 0 aliphatic carbocycles. The monoisotopic (exact) mass is 567 g/mol. The summed E-state index contributed by atoms with van der Waals surface area (Å²) < 4.78 is 64.7. The first kappa shape index (κ1) is 30.0. The second kappa shape index (κ2) is 12.5. The summed E-state index contributed by atoms with van der Waals surface area (Å²) >= 11 is 0. The van der Waals surface area contributed by atoms with Gasteiger partial charge in [0.15, 0.2) is 17.2 Å². The van der Waals surface area contributed by atoms with Gasteiger partial charge in [0.05, 0.1) is 17.0 Å². The summed E-state index contributed by atoms with van der Waals surface area (Å²) in [5.74, 6) is -3.49. The summed E-state index contributed by atoms with van der Waals surface area (Å²) in [5, 5.41) is 5.33. The maximum atomic E-state index is 13.5. The Labute approximate surface area is 225 Å². The van der Waals surface area contributed by atoms with Crippen LogP contribution in [0, 0.1) is 11.6 Å². The average molecular weight is 568 g/mol. The van der Waals surface area contributed by atoms with E-state index >= 15 is 0 Å². The van der Waals surface area contributed by atoms with Gasteiger partial charge in [0.2, 0.25) is 15.9 Å². The van der Waals surface area contributed by atoms with Crippen LogP contribution in [-0.2, 0) is 24.3 Å². The molecule has 3 rings (SSSR count). The molecule has 1 aliphatic rings. The van der Waals surface area contributed by atoms with E-state index in [0.29, 0.717) is 12.8 Å². The lowest BCUT2D eigenvalue weighted by Gasteiger charge is -2.34. The van der Waals surface area contributed by atoms with Crippen LogP contribution in [0.15, 0.2) is 47.4 Å². The van der Waals surface area contributed by atoms with Gasteiger partial charge in [0.25, 0.3) is 5.91 Å². The highest BCUT2D eigenvalue weighted by atomic mass is 32.2. The van der Waals surface area contributed by atoms with E-state index in [-0.39, 0.29) is 54.4 Å². The molecule has 1 saturated heterocycles. The number of nitrogens with one attached hydrogen (secondary N) is 2. The number of hydrogen-bond donors (Lipinski definition) is 2. The molecule has 212 valence electrons. The van der Waals surface area contributed by atoms with Gasteiger partial charge in [-0.2, -0.15) is 4.31 Å². The number of nitrogens with zero attached hydrogens (tertiary/aromatic N) is 1. The average Bonchev–Trinajstić information content (AvgIpc) is 2.88. The molecule has 0 radical (unpaired) electrons. The lowest BCUT2D eigenvalue weighted by molar-refractivity contribution is -0.135. The Bertz CT molecular complexity index is 1310. The van der Waals surface area contributed by atoms with Crippen molar-refractivity contribution >= 4 is 27.8 Å². The lowest BCUT2D eigenvalue weighted by Crippen LogP contribution is -2.53. The van der Waals surface area contributed by atoms with E-state index in [0.717, 1.165) is 12.1 Å². The molecule has 1 heterocycles. The number of piperidine rings is 1. The van der Waals surface area contributed by atoms with Gasteiger partial charge in [-0.05, 0) is 63.1 Å². The molecule has 0 saturated carbocycles. The van der Waals surface area contributed by atoms with Crippen molar-refractivity contribution in [2.24, 2.45) is 0 Å². The maximum Gasteiger partial charge on any atom is 0.338 e. The Balaban J connectivity index is 1.52. The van der Waals surface area contributed by atoms with Crippen LogP contribution in [-0.4, -0.2) is 68.4 Å². The maximum absolute atomic E-state index is 13.5. The molecule has 0 atom stereocenters. The van der Waals surface area contributed by atoms with Crippen LogP contribution in [0.5, 0.6) is 5.75 Å². The second-order valence-corrected chi connectivity index (χ2v) is 11.4. The molecule has 13 heteroatoms. The van der Waals surface area contributed by atoms with Crippen LogP contribution < -0.4 is 15.4 Å². The number of hydrogen-bond acceptors (Lipinski definition) is 7. The highest BCUT2D eigenvalue weighted by Crippen LogP contribution is 2.24. The van der Waals surface area contributed by atoms with Crippen molar-refractivity contribution in [1.29, 1.82) is 0 Å². The summed E-state index contributed by atoms with van der Waals surface area (Å²) in [6.45, 7) is 4.80. The quantitative estimate of drug-likeness (QED) is 0.333. The first-order valence-electron chi connectivity index (χ1n) is 12.3. The molecule has 2 amide bonds. The zero-order valence-corrected chi connectivity index (χ0v) is 22.6. The van der Waals surface area contributed by atoms with E-state index in [1.54, 1.807) is 0 Å². The Morgan fingerprint density at radius 3 is 2.26 bits per heavy atom. The van der Waals surface area contributed by atoms with Crippen molar-refractivity contribution in [1.82, 2.24) is 14.9 Å². The van der Waals surface area contributed by atoms with E-state index < -0.39 is 39.1 Å². The number of halogens is 2. The van der Waals surface area contributed by atoms with Gasteiger partial charge in [-0.3, -0.25) is 9.59 Å². The second-order valence-electron chi connectivity index (χ2n) is 9.48. The number of amides is 2. The van der Waals surface area contributed by atoms with Crippen LogP contribution in [0.25, 0.3) is 0 Å². The standard InChI is InChI=1S/C26H31F2N3O7S/c1-17(32)29-12-15-37-24(33)18-4-7-21(8-5-18)39(35,36)31-13-10-19(11-14-31)30-25(34)26(2,3)38-20-6-9-22(27)23(28)16-20/h4-9,16,19H,10-15H2,1-3H3,(H,29,32)(H,30,34). The van der Waals surface area contributed by atoms with E-state index in [1.807, 2.05) is 0 Å². The summed E-state index contributed by atoms with van der Waals surface area (Å²) in [6.07, 6.45) is 0.704. The Morgan fingerprint density at radius 2 is 1.67 bits per heavy atom. The van der Waals surface area contributed by atoms with Crippen molar-refractivity contribution in [3.8, 4) is 5.75 Å². The van der Waals surface area contributed by atoms with Crippen molar-refractivity contribution in [3.05, 3.63) is 59.7 Å². The molecule has 10 nitrogen and oxygen atoms in total. The third-order valence-corrected chi connectivity index (χ3v) is 7.95. The van der Waals surface area contributed by atoms with Gasteiger partial charge in [-0.25, -0.2) is 22.0 Å². The molecule has 0 bridgehead atoms. The smallest absolute Gasteiger partial charge is 0.338 e. The van der Waals surface area contributed by atoms with Gasteiger partial charge < -0.3 is 20.1 Å². The van der Waals surface area contributed by atoms with Crippen LogP contribution >= 0.6 is 0 Å². The molecule has 1 aliphatic heterocycles. The van der Waals surface area contributed by atoms with Crippen LogP contribution in [0.1, 0.15) is 44.0 Å². The number of benzene rings is 2. The van der Waals surface area contributed by atoms with Crippen molar-refractivity contribution in [3.63, 3.8) is 0 Å². The van der Waals surface area contributed by atoms with E-state index in [9.17, 15) is 31.6 Å². The topological polar surface area (TPSA) is 131 Å². The molecular formula is C26H31F2N3O7S. The SMILES string of the molecule is CC(=O)NCCOC(=O)c1ccc(S(=O)(=O)N2CCC(NC(=O)C(C)(C)Oc3ccc(F)c(F)c3)CC2)cc1. The molecule has 1 fully saturated rings. The predicted molar refractivity (Wildman–Crippen MR) is 136 cm³/mol. The van der Waals surface area contributed by atoms with Gasteiger partial charge in [-0.1, -0.05) is 0 Å². The Kier molecular flexibility index (Phi) is 9.62. The summed E-state index contributed by atoms with van der Waals surface area (Å²) in [4.78, 5) is 35.8. The minimum atomic E-state index is -3.83. The molecule has 2 N–H and O–H groups in total. The first-order valence-corrected chi connectivity index (χ1v) is 13.7. The van der Waals surface area contributed by atoms with Crippen molar-refractivity contribution in [2.75, 3.05) is 26.2 Å². The van der Waals surface area contributed by atoms with Crippen LogP contribution in [0.4, 0.5) is 8.78 Å². The molecule has 0 unspecified atom stereocenters. The third-order valence-electron chi connectivity index (χ3n) is 6.04. The highest BCUT2D eigenvalue weighted by Gasteiger charge is 2.35. The summed E-state index contributed by atoms with van der Waals surface area (Å²) in [7, 11) is -3.83. The minimum Gasteiger partial charge on any atom is -0.478 e. The molecule has 2 aromatic carbocycles. The molecule has 0 aromatic heterocycles. The van der Waals surface area contributed by atoms with Gasteiger partial charge >= 0.3 is 5.97 Å². The van der Waals surface area contributed by atoms with Crippen molar-refractivity contribution in [2.45, 2.75) is 50.2 Å². The largest absolute Gasteiger partial charge is 0.478 e. The fourth-order valence-corrected chi connectivity index (χ4v) is 5.32. The Morgan fingerprint density at radius 1 is 1.03 bits per heavy atom. The normalized spacial score (nSPS) is 14.9. The van der Waals surface area contributed by atoms with Crippen LogP contribution in [0.2, 0.25) is 0 Å². The molecule has 0 spiro atoms. The minimum absolute atomic E-state index is 0.000709. The number of carbonyl (C=O) groups is 3. The third kappa shape index (κ3) is 7.96. The number of carbonyl (C=O) groups excluding carboxylic acids is 3. The molecule has 2 aromatic rings. The number of sulfonamides is 1. The van der Waals surface area contributed by atoms with Crippen molar-refractivity contribution < 1.29 is 41.1 Å². The Hall–Kier alpha value is -3.58. The van der Waals surface area contributed by atoms with E-state index in [4.69, 9.17) is 9.47 Å².